The van der Waals surface area contributed by atoms with E-state index in [1.807, 2.05) is 22.6 Å². The highest BCUT2D eigenvalue weighted by Crippen LogP contribution is 2.25. The summed E-state index contributed by atoms with van der Waals surface area (Å²) in [5.41, 5.74) is 0.712. The molecule has 0 saturated carbocycles. The van der Waals surface area contributed by atoms with Crippen LogP contribution in [0.25, 0.3) is 0 Å². The number of aryl methyl sites for hydroxylation is 1. The van der Waals surface area contributed by atoms with Crippen LogP contribution in [-0.4, -0.2) is 18.1 Å². The topological polar surface area (TPSA) is 39.2 Å². The third-order valence-corrected chi connectivity index (χ3v) is 3.38. The molecule has 0 aliphatic heterocycles. The van der Waals surface area contributed by atoms with Crippen LogP contribution in [-0.2, 0) is 16.0 Å². The Morgan fingerprint density at radius 3 is 2.75 bits per heavy atom. The minimum Gasteiger partial charge on any atom is -0.469 e. The van der Waals surface area contributed by atoms with E-state index in [2.05, 4.69) is 9.72 Å². The molecule has 1 aromatic rings. The number of hydrogen-bond donors (Lipinski definition) is 0. The lowest BCUT2D eigenvalue weighted by Gasteiger charge is -2.08. The third-order valence-electron chi connectivity index (χ3n) is 1.98. The standard InChI is InChI=1S/C10H10F2INO2/c1-5-3-6(4-7(15)16-2)14-9(8(5)13)10(11)12/h3,10H,4H2,1-2H3. The normalized spacial score (nSPS) is 10.6. The van der Waals surface area contributed by atoms with Gasteiger partial charge < -0.3 is 4.74 Å². The van der Waals surface area contributed by atoms with Crippen LogP contribution in [0.15, 0.2) is 6.07 Å². The first-order valence-electron chi connectivity index (χ1n) is 4.46. The van der Waals surface area contributed by atoms with Gasteiger partial charge in [-0.25, -0.2) is 8.78 Å². The average Bonchev–Trinajstić information content (AvgIpc) is 2.22. The monoisotopic (exact) mass is 341 g/mol. The second-order valence-corrected chi connectivity index (χ2v) is 4.26. The largest absolute Gasteiger partial charge is 0.469 e. The van der Waals surface area contributed by atoms with E-state index in [1.54, 1.807) is 13.0 Å². The molecule has 0 N–H and O–H groups in total. The SMILES string of the molecule is COC(=O)Cc1cc(C)c(I)c(C(F)F)n1. The second kappa shape index (κ2) is 5.51. The van der Waals surface area contributed by atoms with Crippen LogP contribution < -0.4 is 0 Å². The number of ether oxygens (including phenoxy) is 1. The zero-order valence-corrected chi connectivity index (χ0v) is 10.9. The fourth-order valence-corrected chi connectivity index (χ4v) is 1.72. The summed E-state index contributed by atoms with van der Waals surface area (Å²) in [6.07, 6.45) is -2.73. The Bertz CT molecular complexity index is 410. The van der Waals surface area contributed by atoms with Gasteiger partial charge in [-0.05, 0) is 41.1 Å². The highest BCUT2D eigenvalue weighted by Gasteiger charge is 2.17. The van der Waals surface area contributed by atoms with Gasteiger partial charge in [-0.15, -0.1) is 0 Å². The molecule has 1 aromatic heterocycles. The molecule has 0 aromatic carbocycles. The van der Waals surface area contributed by atoms with E-state index in [4.69, 9.17) is 0 Å². The Labute approximate surface area is 105 Å². The molecule has 3 nitrogen and oxygen atoms in total. The summed E-state index contributed by atoms with van der Waals surface area (Å²) in [6.45, 7) is 1.70. The molecule has 0 amide bonds. The lowest BCUT2D eigenvalue weighted by Crippen LogP contribution is -2.09. The van der Waals surface area contributed by atoms with Gasteiger partial charge in [0.15, 0.2) is 0 Å². The van der Waals surface area contributed by atoms with Crippen LogP contribution >= 0.6 is 22.6 Å². The first kappa shape index (κ1) is 13.3. The van der Waals surface area contributed by atoms with Crippen molar-refractivity contribution >= 4 is 28.6 Å². The number of esters is 1. The van der Waals surface area contributed by atoms with Crippen molar-refractivity contribution in [3.05, 3.63) is 26.6 Å². The minimum atomic E-state index is -2.64. The van der Waals surface area contributed by atoms with Gasteiger partial charge in [-0.1, -0.05) is 0 Å². The fourth-order valence-electron chi connectivity index (χ4n) is 1.21. The summed E-state index contributed by atoms with van der Waals surface area (Å²) >= 11 is 1.82. The van der Waals surface area contributed by atoms with Crippen LogP contribution in [0.2, 0.25) is 0 Å². The lowest BCUT2D eigenvalue weighted by atomic mass is 10.2. The zero-order chi connectivity index (χ0) is 12.3. The number of nitrogens with zero attached hydrogens (tertiary/aromatic N) is 1. The number of methoxy groups -OCH3 is 1. The van der Waals surface area contributed by atoms with Crippen molar-refractivity contribution in [1.82, 2.24) is 4.98 Å². The average molecular weight is 341 g/mol. The molecule has 0 fully saturated rings. The molecule has 0 aliphatic carbocycles. The van der Waals surface area contributed by atoms with Crippen LogP contribution in [0.1, 0.15) is 23.4 Å². The Balaban J connectivity index is 3.09. The maximum Gasteiger partial charge on any atom is 0.311 e. The number of hydrogen-bond acceptors (Lipinski definition) is 3. The second-order valence-electron chi connectivity index (χ2n) is 3.18. The highest BCUT2D eigenvalue weighted by molar-refractivity contribution is 14.1. The van der Waals surface area contributed by atoms with Crippen molar-refractivity contribution in [1.29, 1.82) is 0 Å². The Kier molecular flexibility index (Phi) is 4.57. The van der Waals surface area contributed by atoms with E-state index in [-0.39, 0.29) is 12.1 Å². The van der Waals surface area contributed by atoms with E-state index in [0.717, 1.165) is 0 Å². The van der Waals surface area contributed by atoms with Crippen LogP contribution in [0, 0.1) is 10.5 Å². The first-order chi connectivity index (χ1) is 7.45. The molecule has 16 heavy (non-hydrogen) atoms. The van der Waals surface area contributed by atoms with E-state index >= 15 is 0 Å². The molecule has 0 atom stereocenters. The van der Waals surface area contributed by atoms with E-state index in [0.29, 0.717) is 14.8 Å². The van der Waals surface area contributed by atoms with Gasteiger partial charge in [0, 0.05) is 3.57 Å². The van der Waals surface area contributed by atoms with Gasteiger partial charge >= 0.3 is 5.97 Å². The van der Waals surface area contributed by atoms with Crippen molar-refractivity contribution in [2.24, 2.45) is 0 Å². The maximum absolute atomic E-state index is 12.6. The van der Waals surface area contributed by atoms with Crippen LogP contribution in [0.3, 0.4) is 0 Å². The minimum absolute atomic E-state index is 0.0893. The quantitative estimate of drug-likeness (QED) is 0.627. The van der Waals surface area contributed by atoms with E-state index in [1.165, 1.54) is 7.11 Å². The van der Waals surface area contributed by atoms with Crippen LogP contribution in [0.4, 0.5) is 8.78 Å². The highest BCUT2D eigenvalue weighted by atomic mass is 127. The number of rotatable bonds is 3. The van der Waals surface area contributed by atoms with Crippen molar-refractivity contribution in [3.63, 3.8) is 0 Å². The molecular formula is C10H10F2INO2. The number of aromatic nitrogens is 1. The number of pyridine rings is 1. The fraction of sp³-hybridized carbons (Fsp3) is 0.400. The number of carbonyl (C=O) groups excluding carboxylic acids is 1. The van der Waals surface area contributed by atoms with Crippen molar-refractivity contribution < 1.29 is 18.3 Å². The molecule has 1 rings (SSSR count). The summed E-state index contributed by atoms with van der Waals surface area (Å²) in [5, 5.41) is 0. The summed E-state index contributed by atoms with van der Waals surface area (Å²) in [4.78, 5) is 14.8. The molecular weight excluding hydrogens is 331 g/mol. The summed E-state index contributed by atoms with van der Waals surface area (Å²) in [7, 11) is 1.25. The molecule has 0 radical (unpaired) electrons. The number of alkyl halides is 2. The number of carbonyl (C=O) groups is 1. The molecule has 6 heteroatoms. The van der Waals surface area contributed by atoms with E-state index in [9.17, 15) is 13.6 Å². The molecule has 0 unspecified atom stereocenters. The molecule has 0 saturated heterocycles. The predicted molar refractivity (Wildman–Crippen MR) is 62.4 cm³/mol. The molecule has 0 aliphatic rings. The Morgan fingerprint density at radius 1 is 1.62 bits per heavy atom. The number of halogens is 3. The van der Waals surface area contributed by atoms with Gasteiger partial charge in [0.2, 0.25) is 0 Å². The predicted octanol–water partition coefficient (Wildman–Crippen LogP) is 2.65. The summed E-state index contributed by atoms with van der Waals surface area (Å²) in [6, 6.07) is 1.62. The zero-order valence-electron chi connectivity index (χ0n) is 8.76. The smallest absolute Gasteiger partial charge is 0.311 e. The summed E-state index contributed by atoms with van der Waals surface area (Å²) < 4.78 is 30.1. The van der Waals surface area contributed by atoms with Crippen molar-refractivity contribution in [2.45, 2.75) is 19.8 Å². The third kappa shape index (κ3) is 3.10. The molecule has 0 spiro atoms. The Morgan fingerprint density at radius 2 is 2.25 bits per heavy atom. The molecule has 0 bridgehead atoms. The van der Waals surface area contributed by atoms with Gasteiger partial charge in [0.25, 0.3) is 6.43 Å². The lowest BCUT2D eigenvalue weighted by molar-refractivity contribution is -0.139. The van der Waals surface area contributed by atoms with E-state index < -0.39 is 12.4 Å². The van der Waals surface area contributed by atoms with Crippen molar-refractivity contribution in [3.8, 4) is 0 Å². The summed E-state index contributed by atoms with van der Waals surface area (Å²) in [5.74, 6) is -0.492. The maximum atomic E-state index is 12.6. The first-order valence-corrected chi connectivity index (χ1v) is 5.54. The Hall–Kier alpha value is -0.790. The van der Waals surface area contributed by atoms with Gasteiger partial charge in [0.1, 0.15) is 5.69 Å². The van der Waals surface area contributed by atoms with Gasteiger partial charge in [-0.2, -0.15) is 0 Å². The van der Waals surface area contributed by atoms with Gasteiger partial charge in [-0.3, -0.25) is 9.78 Å². The van der Waals surface area contributed by atoms with Gasteiger partial charge in [0.05, 0.1) is 19.2 Å². The molecule has 1 heterocycles. The molecule has 88 valence electrons. The van der Waals surface area contributed by atoms with Crippen molar-refractivity contribution in [2.75, 3.05) is 7.11 Å². The van der Waals surface area contributed by atoms with Crippen LogP contribution in [0.5, 0.6) is 0 Å².